The first kappa shape index (κ1) is 9.88. The van der Waals surface area contributed by atoms with Crippen LogP contribution in [0.25, 0.3) is 0 Å². The van der Waals surface area contributed by atoms with E-state index in [4.69, 9.17) is 10.8 Å². The highest BCUT2D eigenvalue weighted by Gasteiger charge is 2.10. The van der Waals surface area contributed by atoms with Crippen molar-refractivity contribution >= 4 is 0 Å². The molecule has 1 N–H and O–H groups in total. The number of nitrogens with one attached hydrogen (secondary N) is 1. The van der Waals surface area contributed by atoms with E-state index in [-0.39, 0.29) is 6.04 Å². The van der Waals surface area contributed by atoms with Gasteiger partial charge in [-0.3, -0.25) is 0 Å². The van der Waals surface area contributed by atoms with E-state index in [9.17, 15) is 0 Å². The zero-order valence-electron chi connectivity index (χ0n) is 7.92. The first-order valence-corrected chi connectivity index (χ1v) is 4.58. The average Bonchev–Trinajstić information content (AvgIpc) is 2.65. The summed E-state index contributed by atoms with van der Waals surface area (Å²) in [6.45, 7) is 3.09. The quantitative estimate of drug-likeness (QED) is 0.698. The molecule has 13 heavy (non-hydrogen) atoms. The number of hydrogen-bond acceptors (Lipinski definition) is 2. The van der Waals surface area contributed by atoms with Crippen molar-refractivity contribution < 1.29 is 4.42 Å². The summed E-state index contributed by atoms with van der Waals surface area (Å²) in [5.74, 6) is 3.57. The lowest BCUT2D eigenvalue weighted by molar-refractivity contribution is 0.417. The molecule has 0 aliphatic rings. The molecule has 1 atom stereocenters. The van der Waals surface area contributed by atoms with Crippen LogP contribution in [0.3, 0.4) is 0 Å². The Morgan fingerprint density at radius 2 is 2.54 bits per heavy atom. The first-order chi connectivity index (χ1) is 6.38. The highest BCUT2D eigenvalue weighted by atomic mass is 16.3. The van der Waals surface area contributed by atoms with Gasteiger partial charge < -0.3 is 9.73 Å². The third-order valence-corrected chi connectivity index (χ3v) is 1.85. The van der Waals surface area contributed by atoms with Gasteiger partial charge >= 0.3 is 0 Å². The maximum atomic E-state index is 5.29. The number of terminal acetylenes is 1. The van der Waals surface area contributed by atoms with Crippen molar-refractivity contribution in [3.63, 3.8) is 0 Å². The molecular formula is C11H15NO. The van der Waals surface area contributed by atoms with Crippen molar-refractivity contribution in [2.45, 2.75) is 25.8 Å². The second-order valence-electron chi connectivity index (χ2n) is 2.93. The fourth-order valence-electron chi connectivity index (χ4n) is 1.20. The van der Waals surface area contributed by atoms with Gasteiger partial charge in [0.15, 0.2) is 0 Å². The molecule has 0 spiro atoms. The van der Waals surface area contributed by atoms with E-state index in [1.165, 1.54) is 0 Å². The molecule has 0 amide bonds. The van der Waals surface area contributed by atoms with Crippen LogP contribution in [0.5, 0.6) is 0 Å². The molecule has 0 saturated carbocycles. The fourth-order valence-corrected chi connectivity index (χ4v) is 1.20. The van der Waals surface area contributed by atoms with E-state index in [1.54, 1.807) is 6.26 Å². The summed E-state index contributed by atoms with van der Waals surface area (Å²) in [5.41, 5.74) is 0. The summed E-state index contributed by atoms with van der Waals surface area (Å²) in [6, 6.07) is 4.00. The van der Waals surface area contributed by atoms with E-state index in [1.807, 2.05) is 12.1 Å². The minimum Gasteiger partial charge on any atom is -0.468 e. The molecule has 1 aromatic rings. The zero-order valence-corrected chi connectivity index (χ0v) is 7.92. The standard InChI is InChI=1S/C11H15NO/c1-3-6-10(12-8-4-2)11-7-5-9-13-11/h1,5,7,9-10,12H,4,6,8H2,2H3. The van der Waals surface area contributed by atoms with Gasteiger partial charge in [-0.2, -0.15) is 0 Å². The Balaban J connectivity index is 2.53. The summed E-state index contributed by atoms with van der Waals surface area (Å²) in [5, 5.41) is 3.34. The molecule has 0 radical (unpaired) electrons. The first-order valence-electron chi connectivity index (χ1n) is 4.58. The van der Waals surface area contributed by atoms with E-state index < -0.39 is 0 Å². The van der Waals surface area contributed by atoms with Crippen molar-refractivity contribution in [1.82, 2.24) is 5.32 Å². The predicted molar refractivity (Wildman–Crippen MR) is 53.2 cm³/mol. The van der Waals surface area contributed by atoms with Crippen LogP contribution in [-0.4, -0.2) is 6.54 Å². The van der Waals surface area contributed by atoms with Crippen LogP contribution in [-0.2, 0) is 0 Å². The topological polar surface area (TPSA) is 25.2 Å². The lowest BCUT2D eigenvalue weighted by Crippen LogP contribution is -2.21. The number of hydrogen-bond donors (Lipinski definition) is 1. The molecule has 1 aromatic heterocycles. The van der Waals surface area contributed by atoms with Gasteiger partial charge in [-0.25, -0.2) is 0 Å². The molecular weight excluding hydrogens is 162 g/mol. The van der Waals surface area contributed by atoms with E-state index in [2.05, 4.69) is 18.2 Å². The van der Waals surface area contributed by atoms with Gasteiger partial charge in [-0.05, 0) is 25.1 Å². The Hall–Kier alpha value is -1.20. The lowest BCUT2D eigenvalue weighted by atomic mass is 10.1. The van der Waals surface area contributed by atoms with Gasteiger partial charge in [0.05, 0.1) is 12.3 Å². The van der Waals surface area contributed by atoms with Gasteiger partial charge in [-0.1, -0.05) is 6.92 Å². The number of furan rings is 1. The molecule has 0 fully saturated rings. The second-order valence-corrected chi connectivity index (χ2v) is 2.93. The number of rotatable bonds is 5. The van der Waals surface area contributed by atoms with E-state index in [0.717, 1.165) is 18.7 Å². The van der Waals surface area contributed by atoms with Crippen molar-refractivity contribution in [3.8, 4) is 12.3 Å². The zero-order chi connectivity index (χ0) is 9.52. The Morgan fingerprint density at radius 3 is 3.08 bits per heavy atom. The maximum absolute atomic E-state index is 5.29. The molecule has 70 valence electrons. The van der Waals surface area contributed by atoms with Crippen molar-refractivity contribution in [2.75, 3.05) is 6.54 Å². The molecule has 0 aliphatic heterocycles. The average molecular weight is 177 g/mol. The minimum atomic E-state index is 0.167. The summed E-state index contributed by atoms with van der Waals surface area (Å²) in [4.78, 5) is 0. The van der Waals surface area contributed by atoms with Gasteiger partial charge in [0.2, 0.25) is 0 Å². The largest absolute Gasteiger partial charge is 0.468 e. The third-order valence-electron chi connectivity index (χ3n) is 1.85. The van der Waals surface area contributed by atoms with E-state index >= 15 is 0 Å². The Kier molecular flexibility index (Phi) is 4.14. The summed E-state index contributed by atoms with van der Waals surface area (Å²) < 4.78 is 5.29. The van der Waals surface area contributed by atoms with Crippen LogP contribution in [0, 0.1) is 12.3 Å². The van der Waals surface area contributed by atoms with Crippen LogP contribution in [0.4, 0.5) is 0 Å². The SMILES string of the molecule is C#CCC(NCCC)c1ccco1. The highest BCUT2D eigenvalue weighted by Crippen LogP contribution is 2.16. The molecule has 2 nitrogen and oxygen atoms in total. The Bertz CT molecular complexity index is 258. The van der Waals surface area contributed by atoms with Crippen molar-refractivity contribution in [1.29, 1.82) is 0 Å². The maximum Gasteiger partial charge on any atom is 0.121 e. The minimum absolute atomic E-state index is 0.167. The summed E-state index contributed by atoms with van der Waals surface area (Å²) >= 11 is 0. The van der Waals surface area contributed by atoms with Crippen molar-refractivity contribution in [3.05, 3.63) is 24.2 Å². The Morgan fingerprint density at radius 1 is 1.69 bits per heavy atom. The summed E-state index contributed by atoms with van der Waals surface area (Å²) in [6.07, 6.45) is 8.72. The van der Waals surface area contributed by atoms with Crippen LogP contribution < -0.4 is 5.32 Å². The smallest absolute Gasteiger partial charge is 0.121 e. The van der Waals surface area contributed by atoms with Gasteiger partial charge in [-0.15, -0.1) is 12.3 Å². The fraction of sp³-hybridized carbons (Fsp3) is 0.455. The highest BCUT2D eigenvalue weighted by molar-refractivity contribution is 5.07. The third kappa shape index (κ3) is 2.96. The molecule has 0 saturated heterocycles. The van der Waals surface area contributed by atoms with E-state index in [0.29, 0.717) is 6.42 Å². The van der Waals surface area contributed by atoms with Crippen LogP contribution in [0.2, 0.25) is 0 Å². The predicted octanol–water partition coefficient (Wildman–Crippen LogP) is 2.34. The van der Waals surface area contributed by atoms with Crippen LogP contribution >= 0.6 is 0 Å². The molecule has 1 rings (SSSR count). The summed E-state index contributed by atoms with van der Waals surface area (Å²) in [7, 11) is 0. The lowest BCUT2D eigenvalue weighted by Gasteiger charge is -2.12. The normalized spacial score (nSPS) is 12.3. The monoisotopic (exact) mass is 177 g/mol. The molecule has 0 aromatic carbocycles. The Labute approximate surface area is 79.3 Å². The van der Waals surface area contributed by atoms with Gasteiger partial charge in [0.25, 0.3) is 0 Å². The van der Waals surface area contributed by atoms with Gasteiger partial charge in [0.1, 0.15) is 5.76 Å². The molecule has 0 aliphatic carbocycles. The second kappa shape index (κ2) is 5.45. The van der Waals surface area contributed by atoms with Gasteiger partial charge in [0, 0.05) is 6.42 Å². The van der Waals surface area contributed by atoms with Crippen LogP contribution in [0.1, 0.15) is 31.6 Å². The molecule has 2 heteroatoms. The molecule has 1 unspecified atom stereocenters. The molecule has 1 heterocycles. The van der Waals surface area contributed by atoms with Crippen LogP contribution in [0.15, 0.2) is 22.8 Å². The van der Waals surface area contributed by atoms with Crippen molar-refractivity contribution in [2.24, 2.45) is 0 Å². The molecule has 0 bridgehead atoms.